The quantitative estimate of drug-likeness (QED) is 0.387. The molecule has 36 heavy (non-hydrogen) atoms. The molecule has 0 aromatic carbocycles. The van der Waals surface area contributed by atoms with Gasteiger partial charge in [0, 0.05) is 43.5 Å². The second-order valence-electron chi connectivity index (χ2n) is 8.27. The van der Waals surface area contributed by atoms with E-state index in [9.17, 15) is 13.2 Å². The third-order valence-electron chi connectivity index (χ3n) is 5.90. The zero-order chi connectivity index (χ0) is 25.1. The van der Waals surface area contributed by atoms with Crippen molar-refractivity contribution in [2.24, 2.45) is 0 Å². The highest BCUT2D eigenvalue weighted by molar-refractivity contribution is 7.91. The van der Waals surface area contributed by atoms with Gasteiger partial charge in [-0.2, -0.15) is 0 Å². The lowest BCUT2D eigenvalue weighted by Gasteiger charge is -2.28. The number of carbonyl (C=O) groups is 1. The van der Waals surface area contributed by atoms with Crippen LogP contribution in [-0.4, -0.2) is 72.5 Å². The number of hydrogen-bond donors (Lipinski definition) is 1. The fraction of sp³-hybridized carbons (Fsp3) is 0.292. The molecule has 0 atom stereocenters. The second-order valence-corrected chi connectivity index (χ2v) is 11.4. The molecule has 4 aromatic heterocycles. The number of carbonyl (C=O) groups excluding carboxylic acids is 1. The summed E-state index contributed by atoms with van der Waals surface area (Å²) in [6, 6.07) is 9.18. The summed E-state index contributed by atoms with van der Waals surface area (Å²) in [5.74, 6) is 1.38. The van der Waals surface area contributed by atoms with Crippen LogP contribution < -0.4 is 15.0 Å². The van der Waals surface area contributed by atoms with E-state index in [1.54, 1.807) is 30.9 Å². The first-order valence-electron chi connectivity index (χ1n) is 11.4. The van der Waals surface area contributed by atoms with Crippen LogP contribution in [0.1, 0.15) is 15.9 Å². The zero-order valence-electron chi connectivity index (χ0n) is 19.5. The fourth-order valence-electron chi connectivity index (χ4n) is 3.95. The Kier molecular flexibility index (Phi) is 6.79. The van der Waals surface area contributed by atoms with Gasteiger partial charge in [0.1, 0.15) is 16.3 Å². The highest BCUT2D eigenvalue weighted by atomic mass is 32.2. The lowest BCUT2D eigenvalue weighted by Crippen LogP contribution is -2.41. The largest absolute Gasteiger partial charge is 0.481 e. The van der Waals surface area contributed by atoms with Crippen LogP contribution in [0.5, 0.6) is 5.88 Å². The molecule has 1 saturated heterocycles. The van der Waals surface area contributed by atoms with Crippen LogP contribution in [0.2, 0.25) is 0 Å². The number of nitrogens with zero attached hydrogens (tertiary/aromatic N) is 5. The van der Waals surface area contributed by atoms with Crippen LogP contribution in [0.3, 0.4) is 0 Å². The summed E-state index contributed by atoms with van der Waals surface area (Å²) in [5, 5.41) is 5.37. The fourth-order valence-corrected chi connectivity index (χ4v) is 6.06. The van der Waals surface area contributed by atoms with Crippen molar-refractivity contribution in [3.8, 4) is 17.4 Å². The molecule has 0 aliphatic carbocycles. The molecule has 1 aliphatic rings. The molecular weight excluding hydrogens is 500 g/mol. The monoisotopic (exact) mass is 524 g/mol. The van der Waals surface area contributed by atoms with Gasteiger partial charge < -0.3 is 15.0 Å². The molecule has 1 fully saturated rings. The van der Waals surface area contributed by atoms with Crippen LogP contribution in [0, 0.1) is 0 Å². The van der Waals surface area contributed by atoms with E-state index in [0.717, 1.165) is 5.56 Å². The molecular formula is C24H24N6O4S2. The van der Waals surface area contributed by atoms with Crippen molar-refractivity contribution in [3.05, 3.63) is 59.2 Å². The van der Waals surface area contributed by atoms with E-state index in [2.05, 4.69) is 20.3 Å². The predicted molar refractivity (Wildman–Crippen MR) is 138 cm³/mol. The van der Waals surface area contributed by atoms with Crippen LogP contribution in [-0.2, 0) is 16.3 Å². The number of methoxy groups -OCH3 is 1. The number of aromatic nitrogens is 4. The standard InChI is InChI=1S/C24H24N6O4S2/c1-34-19-6-5-16(14-27-19)7-9-26-23(31)17-15-35-24-20(17)22(30-10-12-36(32,33)13-11-30)28-21(29-24)18-4-2-3-8-25-18/h2-6,8,14-15H,7,9-13H2,1H3,(H,26,31). The molecule has 0 bridgehead atoms. The second kappa shape index (κ2) is 10.2. The first-order chi connectivity index (χ1) is 17.4. The van der Waals surface area contributed by atoms with Crippen molar-refractivity contribution < 1.29 is 17.9 Å². The van der Waals surface area contributed by atoms with Crippen molar-refractivity contribution in [1.82, 2.24) is 25.3 Å². The van der Waals surface area contributed by atoms with Crippen molar-refractivity contribution in [2.75, 3.05) is 43.1 Å². The van der Waals surface area contributed by atoms with Crippen molar-refractivity contribution >= 4 is 43.1 Å². The van der Waals surface area contributed by atoms with Crippen LogP contribution in [0.4, 0.5) is 5.82 Å². The van der Waals surface area contributed by atoms with Crippen molar-refractivity contribution in [1.29, 1.82) is 0 Å². The number of nitrogens with one attached hydrogen (secondary N) is 1. The molecule has 5 heterocycles. The summed E-state index contributed by atoms with van der Waals surface area (Å²) < 4.78 is 29.1. The van der Waals surface area contributed by atoms with Crippen LogP contribution in [0.15, 0.2) is 48.1 Å². The number of thiophene rings is 1. The molecule has 10 nitrogen and oxygen atoms in total. The Morgan fingerprint density at radius 2 is 1.97 bits per heavy atom. The Balaban J connectivity index is 1.44. The number of hydrogen-bond acceptors (Lipinski definition) is 10. The number of anilines is 1. The van der Waals surface area contributed by atoms with Gasteiger partial charge in [-0.3, -0.25) is 9.78 Å². The van der Waals surface area contributed by atoms with E-state index in [0.29, 0.717) is 65.1 Å². The zero-order valence-corrected chi connectivity index (χ0v) is 21.2. The van der Waals surface area contributed by atoms with Gasteiger partial charge in [-0.1, -0.05) is 12.1 Å². The molecule has 0 radical (unpaired) electrons. The van der Waals surface area contributed by atoms with Gasteiger partial charge >= 0.3 is 0 Å². The lowest BCUT2D eigenvalue weighted by atomic mass is 10.1. The van der Waals surface area contributed by atoms with Crippen LogP contribution in [0.25, 0.3) is 21.7 Å². The number of pyridine rings is 2. The summed E-state index contributed by atoms with van der Waals surface area (Å²) in [5.41, 5.74) is 2.06. The van der Waals surface area contributed by atoms with Gasteiger partial charge in [-0.05, 0) is 24.1 Å². The van der Waals surface area contributed by atoms with Gasteiger partial charge in [0.2, 0.25) is 5.88 Å². The minimum Gasteiger partial charge on any atom is -0.481 e. The van der Waals surface area contributed by atoms with Crippen LogP contribution >= 0.6 is 11.3 Å². The van der Waals surface area contributed by atoms with Gasteiger partial charge in [-0.15, -0.1) is 11.3 Å². The van der Waals surface area contributed by atoms with E-state index >= 15 is 0 Å². The first-order valence-corrected chi connectivity index (χ1v) is 14.1. The summed E-state index contributed by atoms with van der Waals surface area (Å²) in [6.07, 6.45) is 4.00. The third kappa shape index (κ3) is 5.14. The summed E-state index contributed by atoms with van der Waals surface area (Å²) in [6.45, 7) is 1.03. The third-order valence-corrected chi connectivity index (χ3v) is 8.38. The van der Waals surface area contributed by atoms with Crippen molar-refractivity contribution in [3.63, 3.8) is 0 Å². The van der Waals surface area contributed by atoms with E-state index in [1.807, 2.05) is 29.2 Å². The highest BCUT2D eigenvalue weighted by Gasteiger charge is 2.27. The maximum absolute atomic E-state index is 13.2. The smallest absolute Gasteiger partial charge is 0.252 e. The Morgan fingerprint density at radius 1 is 1.14 bits per heavy atom. The minimum absolute atomic E-state index is 0.0407. The Hall–Kier alpha value is -3.64. The number of amides is 1. The Morgan fingerprint density at radius 3 is 2.67 bits per heavy atom. The van der Waals surface area contributed by atoms with Gasteiger partial charge in [-0.25, -0.2) is 23.4 Å². The Labute approximate surface area is 212 Å². The van der Waals surface area contributed by atoms with E-state index in [-0.39, 0.29) is 17.4 Å². The normalized spacial score (nSPS) is 15.1. The van der Waals surface area contributed by atoms with Gasteiger partial charge in [0.05, 0.1) is 29.6 Å². The van der Waals surface area contributed by atoms with E-state index in [1.165, 1.54) is 11.3 Å². The summed E-state index contributed by atoms with van der Waals surface area (Å²) in [7, 11) is -1.52. The molecule has 0 spiro atoms. The molecule has 12 heteroatoms. The summed E-state index contributed by atoms with van der Waals surface area (Å²) >= 11 is 1.35. The number of fused-ring (bicyclic) bond motifs is 1. The van der Waals surface area contributed by atoms with E-state index < -0.39 is 9.84 Å². The highest BCUT2D eigenvalue weighted by Crippen LogP contribution is 2.34. The number of sulfone groups is 1. The summed E-state index contributed by atoms with van der Waals surface area (Å²) in [4.78, 5) is 33.7. The van der Waals surface area contributed by atoms with Gasteiger partial charge in [0.25, 0.3) is 5.91 Å². The molecule has 5 rings (SSSR count). The minimum atomic E-state index is -3.08. The molecule has 4 aromatic rings. The maximum atomic E-state index is 13.2. The van der Waals surface area contributed by atoms with Crippen molar-refractivity contribution in [2.45, 2.75) is 6.42 Å². The Bertz CT molecular complexity index is 1480. The number of ether oxygens (including phenoxy) is 1. The van der Waals surface area contributed by atoms with Gasteiger partial charge in [0.15, 0.2) is 15.7 Å². The first kappa shape index (κ1) is 24.1. The number of rotatable bonds is 7. The average Bonchev–Trinajstić information content (AvgIpc) is 3.33. The molecule has 186 valence electrons. The predicted octanol–water partition coefficient (Wildman–Crippen LogP) is 2.36. The molecule has 1 N–H and O–H groups in total. The lowest BCUT2D eigenvalue weighted by molar-refractivity contribution is 0.0956. The maximum Gasteiger partial charge on any atom is 0.252 e. The topological polar surface area (TPSA) is 127 Å². The molecule has 1 aliphatic heterocycles. The molecule has 0 saturated carbocycles. The molecule has 0 unspecified atom stereocenters. The SMILES string of the molecule is COc1ccc(CCNC(=O)c2csc3nc(-c4ccccn4)nc(N4CCS(=O)(=O)CC4)c23)cn1. The molecule has 1 amide bonds. The average molecular weight is 525 g/mol. The van der Waals surface area contributed by atoms with E-state index in [4.69, 9.17) is 9.72 Å².